The Bertz CT molecular complexity index is 373. The average Bonchev–Trinajstić information content (AvgIpc) is 2.87. The number of ether oxygens (including phenoxy) is 2. The zero-order chi connectivity index (χ0) is 11.1. The third-order valence-electron chi connectivity index (χ3n) is 3.68. The van der Waals surface area contributed by atoms with E-state index in [-0.39, 0.29) is 0 Å². The van der Waals surface area contributed by atoms with Crippen molar-refractivity contribution in [1.82, 2.24) is 0 Å². The maximum absolute atomic E-state index is 5.42. The first-order valence-electron chi connectivity index (χ1n) is 5.34. The molecule has 1 fully saturated rings. The van der Waals surface area contributed by atoms with Crippen molar-refractivity contribution < 1.29 is 9.47 Å². The summed E-state index contributed by atoms with van der Waals surface area (Å²) < 4.78 is 10.6. The molecule has 0 bridgehead atoms. The van der Waals surface area contributed by atoms with Crippen LogP contribution in [0.5, 0.6) is 11.5 Å². The van der Waals surface area contributed by atoms with Gasteiger partial charge in [0.2, 0.25) is 0 Å². The first-order valence-corrected chi connectivity index (χ1v) is 5.34. The van der Waals surface area contributed by atoms with Crippen molar-refractivity contribution >= 4 is 0 Å². The van der Waals surface area contributed by atoms with Crippen LogP contribution in [0.3, 0.4) is 0 Å². The Kier molecular flexibility index (Phi) is 2.37. The Hall–Kier alpha value is -1.18. The second-order valence-corrected chi connectivity index (χ2v) is 4.59. The number of methoxy groups -OCH3 is 2. The molecule has 0 radical (unpaired) electrons. The van der Waals surface area contributed by atoms with Gasteiger partial charge in [-0.15, -0.1) is 0 Å². The Morgan fingerprint density at radius 3 is 2.40 bits per heavy atom. The largest absolute Gasteiger partial charge is 0.497 e. The maximum Gasteiger partial charge on any atom is 0.126 e. The van der Waals surface area contributed by atoms with Gasteiger partial charge in [-0.2, -0.15) is 0 Å². The lowest BCUT2D eigenvalue weighted by molar-refractivity contribution is 0.387. The highest BCUT2D eigenvalue weighted by Crippen LogP contribution is 2.56. The van der Waals surface area contributed by atoms with Crippen molar-refractivity contribution in [3.63, 3.8) is 0 Å². The van der Waals surface area contributed by atoms with Crippen LogP contribution in [-0.4, -0.2) is 14.2 Å². The van der Waals surface area contributed by atoms with Crippen molar-refractivity contribution in [3.8, 4) is 11.5 Å². The molecular formula is C13H18O2. The summed E-state index contributed by atoms with van der Waals surface area (Å²) in [5.41, 5.74) is 1.61. The lowest BCUT2D eigenvalue weighted by Gasteiger charge is -2.16. The van der Waals surface area contributed by atoms with E-state index in [9.17, 15) is 0 Å². The van der Waals surface area contributed by atoms with Crippen LogP contribution in [-0.2, 0) is 5.41 Å². The van der Waals surface area contributed by atoms with Gasteiger partial charge in [0.15, 0.2) is 0 Å². The minimum absolute atomic E-state index is 0.303. The normalized spacial score (nSPS) is 28.7. The monoisotopic (exact) mass is 206 g/mol. The summed E-state index contributed by atoms with van der Waals surface area (Å²) in [5, 5.41) is 0. The molecule has 2 atom stereocenters. The van der Waals surface area contributed by atoms with Gasteiger partial charge in [0.1, 0.15) is 11.5 Å². The Morgan fingerprint density at radius 2 is 1.93 bits per heavy atom. The molecule has 1 aliphatic carbocycles. The quantitative estimate of drug-likeness (QED) is 0.757. The molecule has 0 aliphatic heterocycles. The molecule has 1 saturated carbocycles. The van der Waals surface area contributed by atoms with Gasteiger partial charge in [-0.1, -0.05) is 19.9 Å². The molecule has 1 aromatic rings. The smallest absolute Gasteiger partial charge is 0.126 e. The minimum Gasteiger partial charge on any atom is -0.497 e. The molecule has 2 rings (SSSR count). The summed E-state index contributed by atoms with van der Waals surface area (Å²) >= 11 is 0. The summed E-state index contributed by atoms with van der Waals surface area (Å²) in [6.45, 7) is 4.58. The standard InChI is InChI=1S/C13H18O2/c1-9-8-13(9,2)11-6-5-10(14-3)7-12(11)15-4/h5-7,9H,8H2,1-4H3. The lowest BCUT2D eigenvalue weighted by atomic mass is 9.95. The summed E-state index contributed by atoms with van der Waals surface area (Å²) in [7, 11) is 3.39. The van der Waals surface area contributed by atoms with E-state index in [1.807, 2.05) is 12.1 Å². The molecule has 2 heteroatoms. The van der Waals surface area contributed by atoms with Gasteiger partial charge in [0, 0.05) is 11.6 Å². The van der Waals surface area contributed by atoms with E-state index < -0.39 is 0 Å². The first-order chi connectivity index (χ1) is 7.11. The van der Waals surface area contributed by atoms with Gasteiger partial charge in [0.25, 0.3) is 0 Å². The van der Waals surface area contributed by atoms with Crippen molar-refractivity contribution in [2.45, 2.75) is 25.7 Å². The topological polar surface area (TPSA) is 18.5 Å². The van der Waals surface area contributed by atoms with Crippen LogP contribution in [0.15, 0.2) is 18.2 Å². The van der Waals surface area contributed by atoms with Crippen molar-refractivity contribution in [1.29, 1.82) is 0 Å². The van der Waals surface area contributed by atoms with Gasteiger partial charge >= 0.3 is 0 Å². The van der Waals surface area contributed by atoms with Crippen molar-refractivity contribution in [3.05, 3.63) is 23.8 Å². The fraction of sp³-hybridized carbons (Fsp3) is 0.538. The SMILES string of the molecule is COc1ccc(C2(C)CC2C)c(OC)c1. The van der Waals surface area contributed by atoms with Crippen LogP contribution < -0.4 is 9.47 Å². The number of hydrogen-bond acceptors (Lipinski definition) is 2. The van der Waals surface area contributed by atoms with E-state index in [0.717, 1.165) is 17.4 Å². The highest BCUT2D eigenvalue weighted by atomic mass is 16.5. The number of rotatable bonds is 3. The molecule has 0 saturated heterocycles. The van der Waals surface area contributed by atoms with E-state index in [0.29, 0.717) is 5.41 Å². The molecule has 1 aliphatic rings. The molecule has 0 amide bonds. The molecule has 15 heavy (non-hydrogen) atoms. The van der Waals surface area contributed by atoms with Gasteiger partial charge in [0.05, 0.1) is 14.2 Å². The van der Waals surface area contributed by atoms with E-state index >= 15 is 0 Å². The third kappa shape index (κ3) is 1.58. The zero-order valence-corrected chi connectivity index (χ0v) is 9.83. The predicted molar refractivity (Wildman–Crippen MR) is 60.7 cm³/mol. The first kappa shape index (κ1) is 10.3. The van der Waals surface area contributed by atoms with E-state index in [1.165, 1.54) is 12.0 Å². The lowest BCUT2D eigenvalue weighted by Crippen LogP contribution is -2.05. The van der Waals surface area contributed by atoms with Gasteiger partial charge in [-0.3, -0.25) is 0 Å². The van der Waals surface area contributed by atoms with Crippen molar-refractivity contribution in [2.75, 3.05) is 14.2 Å². The summed E-state index contributed by atoms with van der Waals surface area (Å²) in [4.78, 5) is 0. The molecule has 0 aromatic heterocycles. The molecule has 2 nitrogen and oxygen atoms in total. The van der Waals surface area contributed by atoms with Crippen LogP contribution in [0.2, 0.25) is 0 Å². The molecule has 0 heterocycles. The Labute approximate surface area is 91.2 Å². The second-order valence-electron chi connectivity index (χ2n) is 4.59. The Balaban J connectivity index is 2.40. The fourth-order valence-electron chi connectivity index (χ4n) is 2.22. The molecule has 82 valence electrons. The average molecular weight is 206 g/mol. The predicted octanol–water partition coefficient (Wildman–Crippen LogP) is 3.00. The zero-order valence-electron chi connectivity index (χ0n) is 9.83. The van der Waals surface area contributed by atoms with Gasteiger partial charge < -0.3 is 9.47 Å². The van der Waals surface area contributed by atoms with Crippen LogP contribution in [0.4, 0.5) is 0 Å². The molecule has 0 N–H and O–H groups in total. The number of benzene rings is 1. The minimum atomic E-state index is 0.303. The molecule has 0 spiro atoms. The van der Waals surface area contributed by atoms with Crippen LogP contribution in [0, 0.1) is 5.92 Å². The highest BCUT2D eigenvalue weighted by molar-refractivity contribution is 5.47. The van der Waals surface area contributed by atoms with Gasteiger partial charge in [-0.05, 0) is 23.8 Å². The van der Waals surface area contributed by atoms with Crippen LogP contribution in [0.25, 0.3) is 0 Å². The number of hydrogen-bond donors (Lipinski definition) is 0. The van der Waals surface area contributed by atoms with E-state index in [1.54, 1.807) is 14.2 Å². The highest BCUT2D eigenvalue weighted by Gasteiger charge is 2.49. The summed E-state index contributed by atoms with van der Waals surface area (Å²) in [6, 6.07) is 6.10. The molecule has 1 aromatic carbocycles. The Morgan fingerprint density at radius 1 is 1.27 bits per heavy atom. The third-order valence-corrected chi connectivity index (χ3v) is 3.68. The molecule has 2 unspecified atom stereocenters. The van der Waals surface area contributed by atoms with Crippen molar-refractivity contribution in [2.24, 2.45) is 5.92 Å². The maximum atomic E-state index is 5.42. The van der Waals surface area contributed by atoms with E-state index in [4.69, 9.17) is 9.47 Å². The summed E-state index contributed by atoms with van der Waals surface area (Å²) in [6.07, 6.45) is 1.25. The molecular weight excluding hydrogens is 188 g/mol. The van der Waals surface area contributed by atoms with Crippen LogP contribution in [0.1, 0.15) is 25.8 Å². The van der Waals surface area contributed by atoms with Gasteiger partial charge in [-0.25, -0.2) is 0 Å². The second kappa shape index (κ2) is 3.44. The van der Waals surface area contributed by atoms with Crippen LogP contribution >= 0.6 is 0 Å². The summed E-state index contributed by atoms with van der Waals surface area (Å²) in [5.74, 6) is 2.55. The fourth-order valence-corrected chi connectivity index (χ4v) is 2.22. The van der Waals surface area contributed by atoms with E-state index in [2.05, 4.69) is 19.9 Å².